The van der Waals surface area contributed by atoms with Gasteiger partial charge in [0.15, 0.2) is 0 Å². The molecule has 0 saturated carbocycles. The molecular weight excluding hydrogens is 429 g/mol. The first-order valence-electron chi connectivity index (χ1n) is 10.1. The number of hydrogen-bond donors (Lipinski definition) is 0. The Morgan fingerprint density at radius 1 is 0.968 bits per heavy atom. The molecule has 1 fully saturated rings. The third kappa shape index (κ3) is 4.34. The number of carbonyl (C=O) groups excluding carboxylic acids is 1. The molecular formula is C22H23F3N2O3S. The Morgan fingerprint density at radius 3 is 2.29 bits per heavy atom. The Labute approximate surface area is 179 Å². The molecule has 9 heteroatoms. The lowest BCUT2D eigenvalue weighted by molar-refractivity contribution is -0.137. The fraction of sp³-hybridized carbons (Fsp3) is 0.409. The van der Waals surface area contributed by atoms with E-state index >= 15 is 0 Å². The van der Waals surface area contributed by atoms with Crippen LogP contribution in [0.4, 0.5) is 18.9 Å². The van der Waals surface area contributed by atoms with Crippen molar-refractivity contribution in [2.45, 2.75) is 30.8 Å². The zero-order valence-corrected chi connectivity index (χ0v) is 17.8. The minimum absolute atomic E-state index is 0.0936. The molecule has 2 aromatic carbocycles. The van der Waals surface area contributed by atoms with Gasteiger partial charge in [-0.25, -0.2) is 8.42 Å². The van der Waals surface area contributed by atoms with Crippen LogP contribution >= 0.6 is 0 Å². The molecule has 0 spiro atoms. The molecule has 0 radical (unpaired) electrons. The number of fused-ring (bicyclic) bond motifs is 1. The van der Waals surface area contributed by atoms with Gasteiger partial charge in [0.2, 0.25) is 10.0 Å². The average Bonchev–Trinajstić information content (AvgIpc) is 3.17. The molecule has 0 amide bonds. The summed E-state index contributed by atoms with van der Waals surface area (Å²) in [5.41, 5.74) is 1.61. The highest BCUT2D eigenvalue weighted by atomic mass is 32.2. The van der Waals surface area contributed by atoms with Crippen LogP contribution in [0.5, 0.6) is 0 Å². The molecule has 1 heterocycles. The van der Waals surface area contributed by atoms with Gasteiger partial charge in [-0.1, -0.05) is 12.1 Å². The number of nitrogens with zero attached hydrogens (tertiary/aromatic N) is 2. The first-order valence-corrected chi connectivity index (χ1v) is 11.5. The molecule has 1 atom stereocenters. The van der Waals surface area contributed by atoms with Crippen molar-refractivity contribution >= 4 is 21.5 Å². The largest absolute Gasteiger partial charge is 0.416 e. The van der Waals surface area contributed by atoms with E-state index in [0.717, 1.165) is 23.3 Å². The van der Waals surface area contributed by atoms with E-state index in [4.69, 9.17) is 0 Å². The number of benzene rings is 2. The molecule has 5 nitrogen and oxygen atoms in total. The number of Topliss-reactive ketones (excluding diaryl/α,β-unsaturated/α-hetero) is 1. The Bertz CT molecular complexity index is 1110. The number of piperazine rings is 1. The summed E-state index contributed by atoms with van der Waals surface area (Å²) in [4.78, 5) is 13.6. The van der Waals surface area contributed by atoms with Crippen LogP contribution in [0, 0.1) is 5.92 Å². The van der Waals surface area contributed by atoms with Crippen LogP contribution in [-0.2, 0) is 33.8 Å². The highest BCUT2D eigenvalue weighted by molar-refractivity contribution is 7.89. The van der Waals surface area contributed by atoms with Crippen molar-refractivity contribution in [1.29, 1.82) is 0 Å². The average molecular weight is 452 g/mol. The van der Waals surface area contributed by atoms with Gasteiger partial charge >= 0.3 is 6.18 Å². The standard InChI is InChI=1S/C22H23F3N2O3S/c1-15(28)17-11-16-5-6-21(13-18(16)12-17)31(29,30)27-9-7-26(8-10-27)20-4-2-3-19(14-20)22(23,24)25/h2-6,13-14,17H,7-12H2,1H3. The van der Waals surface area contributed by atoms with Crippen LogP contribution in [0.2, 0.25) is 0 Å². The maximum Gasteiger partial charge on any atom is 0.416 e. The summed E-state index contributed by atoms with van der Waals surface area (Å²) in [6.07, 6.45) is -3.23. The van der Waals surface area contributed by atoms with E-state index in [1.807, 2.05) is 0 Å². The summed E-state index contributed by atoms with van der Waals surface area (Å²) >= 11 is 0. The Hall–Kier alpha value is -2.39. The van der Waals surface area contributed by atoms with E-state index in [2.05, 4.69) is 0 Å². The second-order valence-electron chi connectivity index (χ2n) is 8.09. The molecule has 166 valence electrons. The van der Waals surface area contributed by atoms with E-state index in [9.17, 15) is 26.4 Å². The van der Waals surface area contributed by atoms with Crippen LogP contribution in [0.1, 0.15) is 23.6 Å². The normalized spacial score (nSPS) is 20.0. The zero-order valence-electron chi connectivity index (χ0n) is 17.0. The molecule has 31 heavy (non-hydrogen) atoms. The molecule has 0 bridgehead atoms. The summed E-state index contributed by atoms with van der Waals surface area (Å²) < 4.78 is 66.6. The molecule has 2 aromatic rings. The van der Waals surface area contributed by atoms with Crippen molar-refractivity contribution in [3.8, 4) is 0 Å². The van der Waals surface area contributed by atoms with Crippen molar-refractivity contribution < 1.29 is 26.4 Å². The summed E-state index contributed by atoms with van der Waals surface area (Å²) in [5, 5.41) is 0. The Morgan fingerprint density at radius 2 is 1.65 bits per heavy atom. The summed E-state index contributed by atoms with van der Waals surface area (Å²) in [5.74, 6) is 0.00952. The molecule has 1 aliphatic carbocycles. The molecule has 1 unspecified atom stereocenters. The van der Waals surface area contributed by atoms with Gasteiger partial charge in [-0.3, -0.25) is 4.79 Å². The van der Waals surface area contributed by atoms with Gasteiger partial charge in [0, 0.05) is 37.8 Å². The van der Waals surface area contributed by atoms with Crippen LogP contribution in [0.25, 0.3) is 0 Å². The summed E-state index contributed by atoms with van der Waals surface area (Å²) in [7, 11) is -3.72. The maximum absolute atomic E-state index is 13.1. The van der Waals surface area contributed by atoms with Crippen LogP contribution in [0.15, 0.2) is 47.4 Å². The predicted octanol–water partition coefficient (Wildman–Crippen LogP) is 3.52. The quantitative estimate of drug-likeness (QED) is 0.712. The number of carbonyl (C=O) groups is 1. The summed E-state index contributed by atoms with van der Waals surface area (Å²) in [6, 6.07) is 10.1. The maximum atomic E-state index is 13.1. The molecule has 4 rings (SSSR count). The lowest BCUT2D eigenvalue weighted by atomic mass is 10.0. The van der Waals surface area contributed by atoms with E-state index in [1.165, 1.54) is 10.4 Å². The van der Waals surface area contributed by atoms with Crippen molar-refractivity contribution in [1.82, 2.24) is 4.31 Å². The molecule has 1 saturated heterocycles. The Kier molecular flexibility index (Phi) is 5.59. The van der Waals surface area contributed by atoms with Crippen LogP contribution < -0.4 is 4.90 Å². The van der Waals surface area contributed by atoms with Gasteiger partial charge in [-0.15, -0.1) is 0 Å². The molecule has 2 aliphatic rings. The van der Waals surface area contributed by atoms with E-state index in [0.29, 0.717) is 31.6 Å². The minimum Gasteiger partial charge on any atom is -0.369 e. The number of ketones is 1. The molecule has 0 aromatic heterocycles. The SMILES string of the molecule is CC(=O)C1Cc2ccc(S(=O)(=O)N3CCN(c4cccc(C(F)(F)F)c4)CC3)cc2C1. The van der Waals surface area contributed by atoms with Crippen molar-refractivity contribution in [3.05, 3.63) is 59.2 Å². The molecule has 0 N–H and O–H groups in total. The highest BCUT2D eigenvalue weighted by Gasteiger charge is 2.33. The van der Waals surface area contributed by atoms with Crippen LogP contribution in [-0.4, -0.2) is 44.7 Å². The van der Waals surface area contributed by atoms with Crippen molar-refractivity contribution in [2.75, 3.05) is 31.1 Å². The second-order valence-corrected chi connectivity index (χ2v) is 10.0. The van der Waals surface area contributed by atoms with Gasteiger partial charge in [0.05, 0.1) is 10.5 Å². The van der Waals surface area contributed by atoms with Gasteiger partial charge in [-0.2, -0.15) is 17.5 Å². The lowest BCUT2D eigenvalue weighted by Crippen LogP contribution is -2.48. The van der Waals surface area contributed by atoms with Gasteiger partial charge < -0.3 is 4.90 Å². The van der Waals surface area contributed by atoms with Gasteiger partial charge in [-0.05, 0) is 61.2 Å². The molecule has 1 aliphatic heterocycles. The number of sulfonamides is 1. The highest BCUT2D eigenvalue weighted by Crippen LogP contribution is 2.33. The van der Waals surface area contributed by atoms with Gasteiger partial charge in [0.25, 0.3) is 0 Å². The zero-order chi connectivity index (χ0) is 22.4. The third-order valence-electron chi connectivity index (χ3n) is 6.10. The predicted molar refractivity (Wildman–Crippen MR) is 110 cm³/mol. The fourth-order valence-electron chi connectivity index (χ4n) is 4.26. The number of rotatable bonds is 4. The van der Waals surface area contributed by atoms with Crippen LogP contribution in [0.3, 0.4) is 0 Å². The first-order chi connectivity index (χ1) is 14.6. The summed E-state index contributed by atoms with van der Waals surface area (Å²) in [6.45, 7) is 2.53. The lowest BCUT2D eigenvalue weighted by Gasteiger charge is -2.35. The third-order valence-corrected chi connectivity index (χ3v) is 7.99. The number of anilines is 1. The van der Waals surface area contributed by atoms with E-state index < -0.39 is 21.8 Å². The van der Waals surface area contributed by atoms with Gasteiger partial charge in [0.1, 0.15) is 5.78 Å². The minimum atomic E-state index is -4.42. The first kappa shape index (κ1) is 21.8. The number of alkyl halides is 3. The smallest absolute Gasteiger partial charge is 0.369 e. The van der Waals surface area contributed by atoms with E-state index in [1.54, 1.807) is 36.1 Å². The van der Waals surface area contributed by atoms with Crippen molar-refractivity contribution in [2.24, 2.45) is 5.92 Å². The topological polar surface area (TPSA) is 57.7 Å². The van der Waals surface area contributed by atoms with Crippen molar-refractivity contribution in [3.63, 3.8) is 0 Å². The van der Waals surface area contributed by atoms with E-state index in [-0.39, 0.29) is 29.7 Å². The second kappa shape index (κ2) is 7.94. The Balaban J connectivity index is 1.47. The number of hydrogen-bond acceptors (Lipinski definition) is 4. The fourth-order valence-corrected chi connectivity index (χ4v) is 5.73. The number of halogens is 3. The monoisotopic (exact) mass is 452 g/mol.